The smallest absolute Gasteiger partial charge is 0.119 e. The standard InChI is InChI=1S/C15H16BrNO/c16-14-3-1-2-13(10-14)11-18-15-6-4-12(5-7-15)8-9-17/h1-7,10H,8-9,11,17H2. The molecule has 0 spiro atoms. The molecule has 0 aliphatic carbocycles. The van der Waals surface area contributed by atoms with Crippen molar-refractivity contribution in [1.29, 1.82) is 0 Å². The Morgan fingerprint density at radius 3 is 2.44 bits per heavy atom. The van der Waals surface area contributed by atoms with Crippen molar-refractivity contribution in [2.75, 3.05) is 6.54 Å². The van der Waals surface area contributed by atoms with E-state index in [-0.39, 0.29) is 0 Å². The van der Waals surface area contributed by atoms with Crippen LogP contribution in [0.1, 0.15) is 11.1 Å². The molecule has 2 aromatic rings. The van der Waals surface area contributed by atoms with Crippen molar-refractivity contribution in [3.63, 3.8) is 0 Å². The highest BCUT2D eigenvalue weighted by atomic mass is 79.9. The summed E-state index contributed by atoms with van der Waals surface area (Å²) in [4.78, 5) is 0. The largest absolute Gasteiger partial charge is 0.489 e. The molecule has 2 aromatic carbocycles. The third-order valence-corrected chi connectivity index (χ3v) is 3.14. The molecule has 0 fully saturated rings. The summed E-state index contributed by atoms with van der Waals surface area (Å²) < 4.78 is 6.80. The summed E-state index contributed by atoms with van der Waals surface area (Å²) in [5.41, 5.74) is 7.90. The van der Waals surface area contributed by atoms with Crippen LogP contribution in [-0.4, -0.2) is 6.54 Å². The van der Waals surface area contributed by atoms with Crippen molar-refractivity contribution < 1.29 is 4.74 Å². The summed E-state index contributed by atoms with van der Waals surface area (Å²) in [7, 11) is 0. The van der Waals surface area contributed by atoms with E-state index >= 15 is 0 Å². The summed E-state index contributed by atoms with van der Waals surface area (Å²) in [6.45, 7) is 1.26. The Labute approximate surface area is 116 Å². The summed E-state index contributed by atoms with van der Waals surface area (Å²) in [6, 6.07) is 16.2. The van der Waals surface area contributed by atoms with E-state index in [1.165, 1.54) is 5.56 Å². The molecule has 0 aromatic heterocycles. The molecule has 2 nitrogen and oxygen atoms in total. The molecule has 0 radical (unpaired) electrons. The molecule has 0 amide bonds. The molecule has 0 atom stereocenters. The Kier molecular flexibility index (Phi) is 4.79. The van der Waals surface area contributed by atoms with Crippen molar-refractivity contribution in [3.8, 4) is 5.75 Å². The van der Waals surface area contributed by atoms with Crippen LogP contribution in [0.4, 0.5) is 0 Å². The quantitative estimate of drug-likeness (QED) is 0.917. The molecule has 0 aliphatic heterocycles. The average Bonchev–Trinajstić information content (AvgIpc) is 2.38. The lowest BCUT2D eigenvalue weighted by Crippen LogP contribution is -2.02. The molecule has 0 bridgehead atoms. The number of hydrogen-bond donors (Lipinski definition) is 1. The Morgan fingerprint density at radius 1 is 1.00 bits per heavy atom. The number of ether oxygens (including phenoxy) is 1. The van der Waals surface area contributed by atoms with Gasteiger partial charge in [-0.05, 0) is 48.4 Å². The predicted molar refractivity (Wildman–Crippen MR) is 77.7 cm³/mol. The first kappa shape index (κ1) is 13.1. The minimum atomic E-state index is 0.579. The second kappa shape index (κ2) is 6.57. The van der Waals surface area contributed by atoms with Crippen molar-refractivity contribution >= 4 is 15.9 Å². The van der Waals surface area contributed by atoms with Gasteiger partial charge in [0.1, 0.15) is 12.4 Å². The molecule has 0 saturated carbocycles. The fourth-order valence-electron chi connectivity index (χ4n) is 1.71. The Hall–Kier alpha value is -1.32. The van der Waals surface area contributed by atoms with Crippen LogP contribution in [0.25, 0.3) is 0 Å². The van der Waals surface area contributed by atoms with E-state index in [0.29, 0.717) is 13.2 Å². The number of halogens is 1. The first-order valence-electron chi connectivity index (χ1n) is 5.94. The number of hydrogen-bond acceptors (Lipinski definition) is 2. The van der Waals surface area contributed by atoms with Crippen LogP contribution in [-0.2, 0) is 13.0 Å². The third kappa shape index (κ3) is 3.86. The average molecular weight is 306 g/mol. The maximum absolute atomic E-state index is 5.73. The van der Waals surface area contributed by atoms with Crippen LogP contribution >= 0.6 is 15.9 Å². The molecule has 0 unspecified atom stereocenters. The highest BCUT2D eigenvalue weighted by molar-refractivity contribution is 9.10. The summed E-state index contributed by atoms with van der Waals surface area (Å²) in [5.74, 6) is 0.885. The van der Waals surface area contributed by atoms with Crippen LogP contribution < -0.4 is 10.5 Å². The van der Waals surface area contributed by atoms with Crippen LogP contribution in [0.15, 0.2) is 53.0 Å². The number of rotatable bonds is 5. The highest BCUT2D eigenvalue weighted by Gasteiger charge is 1.97. The van der Waals surface area contributed by atoms with Crippen LogP contribution in [0.5, 0.6) is 5.75 Å². The zero-order valence-corrected chi connectivity index (χ0v) is 11.7. The van der Waals surface area contributed by atoms with E-state index in [2.05, 4.69) is 34.1 Å². The van der Waals surface area contributed by atoms with E-state index in [1.54, 1.807) is 0 Å². The normalized spacial score (nSPS) is 10.3. The molecular weight excluding hydrogens is 290 g/mol. The van der Waals surface area contributed by atoms with Gasteiger partial charge in [-0.25, -0.2) is 0 Å². The summed E-state index contributed by atoms with van der Waals surface area (Å²) in [6.07, 6.45) is 0.909. The number of benzene rings is 2. The van der Waals surface area contributed by atoms with Gasteiger partial charge in [-0.2, -0.15) is 0 Å². The molecule has 3 heteroatoms. The zero-order valence-electron chi connectivity index (χ0n) is 10.1. The zero-order chi connectivity index (χ0) is 12.8. The van der Waals surface area contributed by atoms with Gasteiger partial charge in [0.25, 0.3) is 0 Å². The molecule has 0 aliphatic rings. The molecular formula is C15H16BrNO. The molecule has 18 heavy (non-hydrogen) atoms. The minimum absolute atomic E-state index is 0.579. The fraction of sp³-hybridized carbons (Fsp3) is 0.200. The monoisotopic (exact) mass is 305 g/mol. The van der Waals surface area contributed by atoms with Crippen LogP contribution in [0.3, 0.4) is 0 Å². The Morgan fingerprint density at radius 2 is 1.78 bits per heavy atom. The third-order valence-electron chi connectivity index (χ3n) is 2.65. The summed E-state index contributed by atoms with van der Waals surface area (Å²) >= 11 is 3.45. The lowest BCUT2D eigenvalue weighted by molar-refractivity contribution is 0.306. The van der Waals surface area contributed by atoms with Crippen molar-refractivity contribution in [3.05, 3.63) is 64.1 Å². The highest BCUT2D eigenvalue weighted by Crippen LogP contribution is 2.16. The van der Waals surface area contributed by atoms with Gasteiger partial charge >= 0.3 is 0 Å². The topological polar surface area (TPSA) is 35.2 Å². The van der Waals surface area contributed by atoms with Crippen LogP contribution in [0, 0.1) is 0 Å². The maximum Gasteiger partial charge on any atom is 0.119 e. The van der Waals surface area contributed by atoms with Gasteiger partial charge < -0.3 is 10.5 Å². The van der Waals surface area contributed by atoms with Crippen LogP contribution in [0.2, 0.25) is 0 Å². The Balaban J connectivity index is 1.93. The van der Waals surface area contributed by atoms with E-state index in [9.17, 15) is 0 Å². The lowest BCUT2D eigenvalue weighted by Gasteiger charge is -2.07. The van der Waals surface area contributed by atoms with Gasteiger partial charge in [0.15, 0.2) is 0 Å². The first-order valence-corrected chi connectivity index (χ1v) is 6.73. The van der Waals surface area contributed by atoms with E-state index in [1.807, 2.05) is 30.3 Å². The second-order valence-corrected chi connectivity index (χ2v) is 5.02. The lowest BCUT2D eigenvalue weighted by atomic mass is 10.1. The molecule has 0 heterocycles. The van der Waals surface area contributed by atoms with Gasteiger partial charge in [0.05, 0.1) is 0 Å². The van der Waals surface area contributed by atoms with Gasteiger partial charge in [0.2, 0.25) is 0 Å². The molecule has 2 N–H and O–H groups in total. The van der Waals surface area contributed by atoms with Crippen molar-refractivity contribution in [2.45, 2.75) is 13.0 Å². The predicted octanol–water partition coefficient (Wildman–Crippen LogP) is 3.53. The molecule has 0 saturated heterocycles. The van der Waals surface area contributed by atoms with Gasteiger partial charge in [-0.3, -0.25) is 0 Å². The number of nitrogens with two attached hydrogens (primary N) is 1. The van der Waals surface area contributed by atoms with Gasteiger partial charge in [-0.1, -0.05) is 40.2 Å². The minimum Gasteiger partial charge on any atom is -0.489 e. The SMILES string of the molecule is NCCc1ccc(OCc2cccc(Br)c2)cc1. The van der Waals surface area contributed by atoms with E-state index in [4.69, 9.17) is 10.5 Å². The maximum atomic E-state index is 5.73. The van der Waals surface area contributed by atoms with Crippen molar-refractivity contribution in [1.82, 2.24) is 0 Å². The van der Waals surface area contributed by atoms with Gasteiger partial charge in [0, 0.05) is 4.47 Å². The summed E-state index contributed by atoms with van der Waals surface area (Å²) in [5, 5.41) is 0. The first-order chi connectivity index (χ1) is 8.78. The van der Waals surface area contributed by atoms with E-state index < -0.39 is 0 Å². The van der Waals surface area contributed by atoms with Gasteiger partial charge in [-0.15, -0.1) is 0 Å². The van der Waals surface area contributed by atoms with Crippen molar-refractivity contribution in [2.24, 2.45) is 5.73 Å². The molecule has 94 valence electrons. The fourth-order valence-corrected chi connectivity index (χ4v) is 2.16. The molecule has 2 rings (SSSR count). The van der Waals surface area contributed by atoms with E-state index in [0.717, 1.165) is 22.2 Å². The second-order valence-electron chi connectivity index (χ2n) is 4.10. The Bertz CT molecular complexity index is 496.